The fourth-order valence-electron chi connectivity index (χ4n) is 1.20. The van der Waals surface area contributed by atoms with Crippen LogP contribution in [0.3, 0.4) is 0 Å². The molecule has 1 aromatic heterocycles. The smallest absolute Gasteiger partial charge is 0.258 e. The Labute approximate surface area is 111 Å². The van der Waals surface area contributed by atoms with Crippen molar-refractivity contribution < 1.29 is 4.92 Å². The summed E-state index contributed by atoms with van der Waals surface area (Å²) < 4.78 is 2.53. The van der Waals surface area contributed by atoms with E-state index in [-0.39, 0.29) is 10.6 Å². The van der Waals surface area contributed by atoms with Crippen LogP contribution in [0.25, 0.3) is 10.1 Å². The van der Waals surface area contributed by atoms with Crippen LogP contribution in [-0.4, -0.2) is 4.92 Å². The van der Waals surface area contributed by atoms with Gasteiger partial charge in [0.15, 0.2) is 0 Å². The Morgan fingerprint density at radius 2 is 2.14 bits per heavy atom. The first kappa shape index (κ1) is 10.6. The van der Waals surface area contributed by atoms with Crippen molar-refractivity contribution in [3.05, 3.63) is 34.8 Å². The molecule has 0 aliphatic carbocycles. The van der Waals surface area contributed by atoms with Gasteiger partial charge in [-0.3, -0.25) is 10.1 Å². The maximum Gasteiger partial charge on any atom is 0.296 e. The first-order valence-electron chi connectivity index (χ1n) is 3.61. The number of rotatable bonds is 1. The normalized spacial score (nSPS) is 10.7. The van der Waals surface area contributed by atoms with Crippen molar-refractivity contribution in [2.24, 2.45) is 0 Å². The van der Waals surface area contributed by atoms with Gasteiger partial charge in [-0.25, -0.2) is 0 Å². The predicted molar refractivity (Wildman–Crippen MR) is 73.9 cm³/mol. The van der Waals surface area contributed by atoms with E-state index >= 15 is 0 Å². The fourth-order valence-corrected chi connectivity index (χ4v) is 4.68. The highest BCUT2D eigenvalue weighted by Gasteiger charge is 2.19. The maximum atomic E-state index is 10.8. The highest BCUT2D eigenvalue weighted by atomic mass is 127. The molecule has 0 amide bonds. The monoisotopic (exact) mass is 431 g/mol. The average molecular weight is 431 g/mol. The minimum absolute atomic E-state index is 0.220. The third-order valence-electron chi connectivity index (χ3n) is 1.81. The van der Waals surface area contributed by atoms with Crippen molar-refractivity contribution >= 4 is 72.3 Å². The van der Waals surface area contributed by atoms with Crippen molar-refractivity contribution in [3.8, 4) is 0 Å². The van der Waals surface area contributed by atoms with E-state index in [0.29, 0.717) is 3.57 Å². The van der Waals surface area contributed by atoms with Gasteiger partial charge in [-0.2, -0.15) is 0 Å². The second-order valence-corrected chi connectivity index (χ2v) is 5.80. The van der Waals surface area contributed by atoms with Crippen LogP contribution < -0.4 is 0 Å². The third-order valence-corrected chi connectivity index (χ3v) is 4.58. The topological polar surface area (TPSA) is 43.1 Å². The van der Waals surface area contributed by atoms with Crippen LogP contribution in [-0.2, 0) is 0 Å². The summed E-state index contributed by atoms with van der Waals surface area (Å²) in [6, 6.07) is 3.78. The SMILES string of the molecule is O=[N+]([O-])c1c(I)cc2sccc2c1I. The zero-order valence-electron chi connectivity index (χ0n) is 6.66. The van der Waals surface area contributed by atoms with E-state index in [1.165, 1.54) is 0 Å². The molecule has 2 aromatic rings. The van der Waals surface area contributed by atoms with Crippen molar-refractivity contribution in [3.63, 3.8) is 0 Å². The summed E-state index contributed by atoms with van der Waals surface area (Å²) in [5.41, 5.74) is 0.220. The number of fused-ring (bicyclic) bond motifs is 1. The van der Waals surface area contributed by atoms with Gasteiger partial charge in [0.25, 0.3) is 5.69 Å². The molecule has 0 N–H and O–H groups in total. The molecule has 0 aliphatic rings. The predicted octanol–water partition coefficient (Wildman–Crippen LogP) is 4.02. The first-order chi connectivity index (χ1) is 6.61. The molecule has 0 aliphatic heterocycles. The summed E-state index contributed by atoms with van der Waals surface area (Å²) in [4.78, 5) is 10.5. The summed E-state index contributed by atoms with van der Waals surface area (Å²) in [6.07, 6.45) is 0. The van der Waals surface area contributed by atoms with Crippen LogP contribution in [0, 0.1) is 17.3 Å². The lowest BCUT2D eigenvalue weighted by molar-refractivity contribution is -0.386. The number of hydrogen-bond acceptors (Lipinski definition) is 3. The number of hydrogen-bond donors (Lipinski definition) is 0. The Morgan fingerprint density at radius 3 is 2.79 bits per heavy atom. The second kappa shape index (κ2) is 3.89. The molecule has 3 nitrogen and oxygen atoms in total. The van der Waals surface area contributed by atoms with Gasteiger partial charge in [0.2, 0.25) is 0 Å². The standard InChI is InChI=1S/C8H3I2NO2S/c9-5-3-6-4(1-2-14-6)7(10)8(5)11(12)13/h1-3H. The van der Waals surface area contributed by atoms with Crippen LogP contribution in [0.1, 0.15) is 0 Å². The summed E-state index contributed by atoms with van der Waals surface area (Å²) in [5.74, 6) is 0. The van der Waals surface area contributed by atoms with Gasteiger partial charge in [0.1, 0.15) is 3.57 Å². The third kappa shape index (κ3) is 1.63. The molecule has 6 heteroatoms. The van der Waals surface area contributed by atoms with Crippen molar-refractivity contribution in [1.29, 1.82) is 0 Å². The molecule has 2 rings (SSSR count). The van der Waals surface area contributed by atoms with E-state index in [1.54, 1.807) is 11.3 Å². The Hall–Kier alpha value is 0.0400. The second-order valence-electron chi connectivity index (χ2n) is 2.61. The lowest BCUT2D eigenvalue weighted by Crippen LogP contribution is -1.94. The zero-order chi connectivity index (χ0) is 10.3. The Bertz CT molecular complexity index is 523. The van der Waals surface area contributed by atoms with Crippen LogP contribution in [0.4, 0.5) is 5.69 Å². The van der Waals surface area contributed by atoms with E-state index in [1.807, 2.05) is 62.7 Å². The van der Waals surface area contributed by atoms with Gasteiger partial charge < -0.3 is 0 Å². The molecule has 0 bridgehead atoms. The molecule has 14 heavy (non-hydrogen) atoms. The van der Waals surface area contributed by atoms with Crippen LogP contribution in [0.15, 0.2) is 17.5 Å². The number of thiophene rings is 1. The first-order valence-corrected chi connectivity index (χ1v) is 6.64. The summed E-state index contributed by atoms with van der Waals surface area (Å²) in [7, 11) is 0. The van der Waals surface area contributed by atoms with Crippen LogP contribution >= 0.6 is 56.5 Å². The summed E-state index contributed by atoms with van der Waals surface area (Å²) in [6.45, 7) is 0. The Morgan fingerprint density at radius 1 is 1.43 bits per heavy atom. The van der Waals surface area contributed by atoms with Gasteiger partial charge in [0, 0.05) is 10.1 Å². The van der Waals surface area contributed by atoms with Crippen molar-refractivity contribution in [2.75, 3.05) is 0 Å². The Balaban J connectivity index is 2.89. The molecule has 0 saturated carbocycles. The van der Waals surface area contributed by atoms with Crippen molar-refractivity contribution in [1.82, 2.24) is 0 Å². The molecule has 0 spiro atoms. The van der Waals surface area contributed by atoms with Gasteiger partial charge >= 0.3 is 0 Å². The van der Waals surface area contributed by atoms with E-state index < -0.39 is 0 Å². The molecule has 0 fully saturated rings. The highest BCUT2D eigenvalue weighted by molar-refractivity contribution is 14.1. The summed E-state index contributed by atoms with van der Waals surface area (Å²) >= 11 is 5.65. The highest BCUT2D eigenvalue weighted by Crippen LogP contribution is 2.36. The zero-order valence-corrected chi connectivity index (χ0v) is 11.8. The number of nitro benzene ring substituents is 1. The lowest BCUT2D eigenvalue weighted by atomic mass is 10.2. The molecule has 1 aromatic carbocycles. The minimum Gasteiger partial charge on any atom is -0.258 e. The van der Waals surface area contributed by atoms with Gasteiger partial charge in [-0.05, 0) is 62.7 Å². The molecule has 0 saturated heterocycles. The van der Waals surface area contributed by atoms with Crippen LogP contribution in [0.5, 0.6) is 0 Å². The Kier molecular flexibility index (Phi) is 2.93. The largest absolute Gasteiger partial charge is 0.296 e. The number of nitro groups is 1. The molecule has 0 unspecified atom stereocenters. The number of halogens is 2. The average Bonchev–Trinajstić information content (AvgIpc) is 2.50. The van der Waals surface area contributed by atoms with Gasteiger partial charge in [-0.1, -0.05) is 0 Å². The molecular weight excluding hydrogens is 428 g/mol. The lowest BCUT2D eigenvalue weighted by Gasteiger charge is -1.99. The quantitative estimate of drug-likeness (QED) is 0.389. The van der Waals surface area contributed by atoms with E-state index in [9.17, 15) is 10.1 Å². The van der Waals surface area contributed by atoms with Gasteiger partial charge in [-0.15, -0.1) is 11.3 Å². The van der Waals surface area contributed by atoms with E-state index in [4.69, 9.17) is 0 Å². The number of nitrogens with zero attached hydrogens (tertiary/aromatic N) is 1. The van der Waals surface area contributed by atoms with Gasteiger partial charge in [0.05, 0.1) is 8.49 Å². The summed E-state index contributed by atoms with van der Waals surface area (Å²) in [5, 5.41) is 13.7. The molecule has 1 heterocycles. The number of benzene rings is 1. The fraction of sp³-hybridized carbons (Fsp3) is 0. The van der Waals surface area contributed by atoms with Crippen molar-refractivity contribution in [2.45, 2.75) is 0 Å². The van der Waals surface area contributed by atoms with Crippen LogP contribution in [0.2, 0.25) is 0 Å². The van der Waals surface area contributed by atoms with E-state index in [2.05, 4.69) is 0 Å². The minimum atomic E-state index is -0.319. The molecule has 0 atom stereocenters. The molecule has 72 valence electrons. The molecular formula is C8H3I2NO2S. The van der Waals surface area contributed by atoms with E-state index in [0.717, 1.165) is 13.7 Å². The maximum absolute atomic E-state index is 10.8. The molecule has 0 radical (unpaired) electrons.